The minimum atomic E-state index is -0.0318. The van der Waals surface area contributed by atoms with Crippen LogP contribution in [0, 0.1) is 6.92 Å². The van der Waals surface area contributed by atoms with Crippen molar-refractivity contribution in [2.24, 2.45) is 0 Å². The number of hydrogen-bond acceptors (Lipinski definition) is 4. The Morgan fingerprint density at radius 2 is 1.72 bits per heavy atom. The third-order valence-electron chi connectivity index (χ3n) is 4.17. The van der Waals surface area contributed by atoms with Gasteiger partial charge in [0.25, 0.3) is 11.8 Å². The van der Waals surface area contributed by atoms with E-state index in [4.69, 9.17) is 4.52 Å². The number of rotatable bonds is 5. The van der Waals surface area contributed by atoms with Gasteiger partial charge in [0.1, 0.15) is 0 Å². The maximum atomic E-state index is 12.8. The summed E-state index contributed by atoms with van der Waals surface area (Å²) < 4.78 is 5.44. The van der Waals surface area contributed by atoms with E-state index in [1.165, 1.54) is 5.56 Å². The van der Waals surface area contributed by atoms with Crippen molar-refractivity contribution in [1.29, 1.82) is 0 Å². The second kappa shape index (κ2) is 7.30. The first-order valence-electron chi connectivity index (χ1n) is 8.43. The Bertz CT molecular complexity index is 865. The summed E-state index contributed by atoms with van der Waals surface area (Å²) in [6.07, 6.45) is 0. The molecule has 0 spiro atoms. The fourth-order valence-corrected chi connectivity index (χ4v) is 2.69. The Hall–Kier alpha value is -2.95. The number of aryl methyl sites for hydroxylation is 1. The predicted molar refractivity (Wildman–Crippen MR) is 97.2 cm³/mol. The van der Waals surface area contributed by atoms with Crippen molar-refractivity contribution in [3.8, 4) is 22.8 Å². The van der Waals surface area contributed by atoms with Crippen LogP contribution in [-0.2, 0) is 0 Å². The van der Waals surface area contributed by atoms with E-state index in [9.17, 15) is 4.79 Å². The number of aromatic nitrogens is 2. The van der Waals surface area contributed by atoms with Crippen LogP contribution in [0.3, 0.4) is 0 Å². The predicted octanol–water partition coefficient (Wildman–Crippen LogP) is 4.19. The zero-order valence-electron chi connectivity index (χ0n) is 14.7. The number of benzene rings is 2. The molecule has 1 aromatic heterocycles. The van der Waals surface area contributed by atoms with Crippen LogP contribution in [0.4, 0.5) is 0 Å². The Morgan fingerprint density at radius 1 is 1.04 bits per heavy atom. The lowest BCUT2D eigenvalue weighted by Crippen LogP contribution is -2.30. The van der Waals surface area contributed by atoms with Crippen molar-refractivity contribution in [2.75, 3.05) is 13.1 Å². The van der Waals surface area contributed by atoms with Gasteiger partial charge in [-0.2, -0.15) is 4.98 Å². The van der Waals surface area contributed by atoms with Crippen LogP contribution in [0.1, 0.15) is 29.8 Å². The molecule has 0 aliphatic carbocycles. The van der Waals surface area contributed by atoms with E-state index in [0.717, 1.165) is 5.56 Å². The lowest BCUT2D eigenvalue weighted by Gasteiger charge is -2.19. The highest BCUT2D eigenvalue weighted by Crippen LogP contribution is 2.26. The van der Waals surface area contributed by atoms with E-state index >= 15 is 0 Å². The Balaban J connectivity index is 1.98. The molecule has 1 amide bonds. The van der Waals surface area contributed by atoms with Crippen molar-refractivity contribution >= 4 is 5.91 Å². The molecule has 5 heteroatoms. The van der Waals surface area contributed by atoms with Gasteiger partial charge in [-0.15, -0.1) is 0 Å². The third-order valence-corrected chi connectivity index (χ3v) is 4.17. The van der Waals surface area contributed by atoms with Crippen molar-refractivity contribution in [3.05, 3.63) is 59.7 Å². The largest absolute Gasteiger partial charge is 0.339 e. The number of carbonyl (C=O) groups is 1. The van der Waals surface area contributed by atoms with Gasteiger partial charge in [0.2, 0.25) is 5.82 Å². The molecule has 25 heavy (non-hydrogen) atoms. The van der Waals surface area contributed by atoms with Crippen molar-refractivity contribution in [1.82, 2.24) is 15.0 Å². The molecule has 0 saturated heterocycles. The molecule has 3 rings (SSSR count). The zero-order valence-corrected chi connectivity index (χ0v) is 14.7. The second-order valence-electron chi connectivity index (χ2n) is 5.81. The van der Waals surface area contributed by atoms with Crippen LogP contribution < -0.4 is 0 Å². The SMILES string of the molecule is CCN(CC)C(=O)c1ccccc1-c1nc(-c2ccc(C)cc2)no1. The monoisotopic (exact) mass is 335 g/mol. The van der Waals surface area contributed by atoms with Gasteiger partial charge >= 0.3 is 0 Å². The van der Waals surface area contributed by atoms with Crippen LogP contribution in [0.5, 0.6) is 0 Å². The summed E-state index contributed by atoms with van der Waals surface area (Å²) >= 11 is 0. The van der Waals surface area contributed by atoms with Gasteiger partial charge in [-0.3, -0.25) is 4.79 Å². The minimum absolute atomic E-state index is 0.0318. The van der Waals surface area contributed by atoms with Gasteiger partial charge in [0.15, 0.2) is 0 Å². The maximum absolute atomic E-state index is 12.8. The molecule has 0 N–H and O–H groups in total. The highest BCUT2D eigenvalue weighted by Gasteiger charge is 2.20. The minimum Gasteiger partial charge on any atom is -0.339 e. The molecule has 0 bridgehead atoms. The zero-order chi connectivity index (χ0) is 17.8. The van der Waals surface area contributed by atoms with Gasteiger partial charge in [0.05, 0.1) is 11.1 Å². The van der Waals surface area contributed by atoms with Gasteiger partial charge in [-0.05, 0) is 32.9 Å². The first-order valence-corrected chi connectivity index (χ1v) is 8.43. The lowest BCUT2D eigenvalue weighted by molar-refractivity contribution is 0.0773. The Labute approximate surface area is 147 Å². The van der Waals surface area contributed by atoms with E-state index in [0.29, 0.717) is 35.9 Å². The van der Waals surface area contributed by atoms with Crippen molar-refractivity contribution < 1.29 is 9.32 Å². The van der Waals surface area contributed by atoms with Gasteiger partial charge in [0, 0.05) is 18.7 Å². The second-order valence-corrected chi connectivity index (χ2v) is 5.81. The Morgan fingerprint density at radius 3 is 2.40 bits per heavy atom. The summed E-state index contributed by atoms with van der Waals surface area (Å²) in [4.78, 5) is 19.0. The maximum Gasteiger partial charge on any atom is 0.259 e. The van der Waals surface area contributed by atoms with E-state index in [1.807, 2.05) is 63.2 Å². The fourth-order valence-electron chi connectivity index (χ4n) is 2.69. The topological polar surface area (TPSA) is 59.2 Å². The summed E-state index contributed by atoms with van der Waals surface area (Å²) in [7, 11) is 0. The molecule has 2 aromatic carbocycles. The normalized spacial score (nSPS) is 10.7. The number of amides is 1. The van der Waals surface area contributed by atoms with Crippen LogP contribution >= 0.6 is 0 Å². The molecular weight excluding hydrogens is 314 g/mol. The molecule has 5 nitrogen and oxygen atoms in total. The first kappa shape index (κ1) is 16.9. The summed E-state index contributed by atoms with van der Waals surface area (Å²) in [5.41, 5.74) is 3.28. The molecule has 128 valence electrons. The third kappa shape index (κ3) is 3.45. The summed E-state index contributed by atoms with van der Waals surface area (Å²) in [5, 5.41) is 4.07. The van der Waals surface area contributed by atoms with Crippen molar-refractivity contribution in [2.45, 2.75) is 20.8 Å². The molecular formula is C20H21N3O2. The molecule has 3 aromatic rings. The van der Waals surface area contributed by atoms with Crippen LogP contribution in [0.15, 0.2) is 53.1 Å². The first-order chi connectivity index (χ1) is 12.1. The summed E-state index contributed by atoms with van der Waals surface area (Å²) in [5.74, 6) is 0.836. The van der Waals surface area contributed by atoms with Crippen LogP contribution in [0.25, 0.3) is 22.8 Å². The molecule has 0 radical (unpaired) electrons. The summed E-state index contributed by atoms with van der Waals surface area (Å²) in [6, 6.07) is 15.3. The van der Waals surface area contributed by atoms with Crippen LogP contribution in [-0.4, -0.2) is 34.0 Å². The number of hydrogen-bond donors (Lipinski definition) is 0. The smallest absolute Gasteiger partial charge is 0.259 e. The van der Waals surface area contributed by atoms with Crippen LogP contribution in [0.2, 0.25) is 0 Å². The van der Waals surface area contributed by atoms with E-state index in [-0.39, 0.29) is 5.91 Å². The highest BCUT2D eigenvalue weighted by molar-refractivity contribution is 6.00. The van der Waals surface area contributed by atoms with Crippen molar-refractivity contribution in [3.63, 3.8) is 0 Å². The molecule has 0 atom stereocenters. The molecule has 0 aliphatic heterocycles. The number of nitrogens with zero attached hydrogens (tertiary/aromatic N) is 3. The van der Waals surface area contributed by atoms with Gasteiger partial charge < -0.3 is 9.42 Å². The van der Waals surface area contributed by atoms with Gasteiger partial charge in [-0.25, -0.2) is 0 Å². The Kier molecular flexibility index (Phi) is 4.93. The average Bonchev–Trinajstić information content (AvgIpc) is 3.13. The molecule has 0 saturated carbocycles. The van der Waals surface area contributed by atoms with Gasteiger partial charge in [-0.1, -0.05) is 47.1 Å². The number of carbonyl (C=O) groups excluding carboxylic acids is 1. The molecule has 0 fully saturated rings. The average molecular weight is 335 g/mol. The van der Waals surface area contributed by atoms with E-state index < -0.39 is 0 Å². The highest BCUT2D eigenvalue weighted by atomic mass is 16.5. The standard InChI is InChI=1S/C20H21N3O2/c1-4-23(5-2)20(24)17-9-7-6-8-16(17)19-21-18(22-25-19)15-12-10-14(3)11-13-15/h6-13H,4-5H2,1-3H3. The fraction of sp³-hybridized carbons (Fsp3) is 0.250. The molecule has 1 heterocycles. The lowest BCUT2D eigenvalue weighted by atomic mass is 10.1. The van der Waals surface area contributed by atoms with E-state index in [2.05, 4.69) is 10.1 Å². The molecule has 0 aliphatic rings. The van der Waals surface area contributed by atoms with E-state index in [1.54, 1.807) is 11.0 Å². The summed E-state index contributed by atoms with van der Waals surface area (Å²) in [6.45, 7) is 7.27. The molecule has 0 unspecified atom stereocenters. The quantitative estimate of drug-likeness (QED) is 0.701.